The lowest BCUT2D eigenvalue weighted by atomic mass is 10.2. The molecule has 1 aromatic carbocycles. The van der Waals surface area contributed by atoms with Crippen LogP contribution in [-0.4, -0.2) is 11.0 Å². The number of benzene rings is 1. The summed E-state index contributed by atoms with van der Waals surface area (Å²) in [5.74, 6) is 0. The highest BCUT2D eigenvalue weighted by Crippen LogP contribution is 2.26. The van der Waals surface area contributed by atoms with Crippen molar-refractivity contribution in [3.8, 4) is 10.6 Å². The van der Waals surface area contributed by atoms with Gasteiger partial charge in [0.15, 0.2) is 0 Å². The van der Waals surface area contributed by atoms with Crippen LogP contribution in [0.4, 0.5) is 0 Å². The Bertz CT molecular complexity index is 502. The van der Waals surface area contributed by atoms with Gasteiger partial charge in [-0.2, -0.15) is 0 Å². The van der Waals surface area contributed by atoms with Crippen LogP contribution >= 0.6 is 27.3 Å². The Kier molecular flexibility index (Phi) is 3.27. The molecule has 0 atom stereocenters. The fourth-order valence-electron chi connectivity index (χ4n) is 1.65. The lowest BCUT2D eigenvalue weighted by molar-refractivity contribution is 0.678. The molecular weight excluding hydrogens is 296 g/mol. The summed E-state index contributed by atoms with van der Waals surface area (Å²) in [6.07, 6.45) is 2.65. The molecule has 1 N–H and O–H groups in total. The summed E-state index contributed by atoms with van der Waals surface area (Å²) in [5.41, 5.74) is 2.34. The minimum atomic E-state index is 0.743. The number of hydrogen-bond acceptors (Lipinski definition) is 3. The zero-order chi connectivity index (χ0) is 11.7. The van der Waals surface area contributed by atoms with Crippen LogP contribution in [0.5, 0.6) is 0 Å². The van der Waals surface area contributed by atoms with Gasteiger partial charge in [-0.25, -0.2) is 4.98 Å². The second-order valence-electron chi connectivity index (χ2n) is 4.31. The van der Waals surface area contributed by atoms with E-state index in [1.54, 1.807) is 11.3 Å². The maximum Gasteiger partial charge on any atom is 0.123 e. The first-order valence-electron chi connectivity index (χ1n) is 5.75. The molecule has 2 nitrogen and oxygen atoms in total. The topological polar surface area (TPSA) is 24.9 Å². The second kappa shape index (κ2) is 4.88. The number of rotatable bonds is 4. The molecule has 0 saturated heterocycles. The van der Waals surface area contributed by atoms with Crippen molar-refractivity contribution in [3.63, 3.8) is 0 Å². The Hall–Kier alpha value is -0.710. The molecule has 0 radical (unpaired) electrons. The molecule has 88 valence electrons. The van der Waals surface area contributed by atoms with Crippen molar-refractivity contribution in [1.29, 1.82) is 0 Å². The van der Waals surface area contributed by atoms with Crippen molar-refractivity contribution in [2.24, 2.45) is 0 Å². The molecule has 2 aromatic rings. The molecule has 1 saturated carbocycles. The molecule has 1 aliphatic rings. The maximum absolute atomic E-state index is 4.65. The minimum Gasteiger partial charge on any atom is -0.308 e. The highest BCUT2D eigenvalue weighted by atomic mass is 79.9. The van der Waals surface area contributed by atoms with Crippen molar-refractivity contribution in [3.05, 3.63) is 39.8 Å². The first kappa shape index (κ1) is 11.4. The van der Waals surface area contributed by atoms with Gasteiger partial charge in [-0.15, -0.1) is 11.3 Å². The van der Waals surface area contributed by atoms with Gasteiger partial charge in [0.25, 0.3) is 0 Å². The van der Waals surface area contributed by atoms with Crippen LogP contribution in [-0.2, 0) is 6.54 Å². The van der Waals surface area contributed by atoms with Crippen LogP contribution in [0.25, 0.3) is 10.6 Å². The molecular formula is C13H13BrN2S. The summed E-state index contributed by atoms with van der Waals surface area (Å²) in [6.45, 7) is 0.900. The molecule has 1 aliphatic carbocycles. The van der Waals surface area contributed by atoms with E-state index in [1.807, 2.05) is 0 Å². The molecule has 4 heteroatoms. The quantitative estimate of drug-likeness (QED) is 0.928. The summed E-state index contributed by atoms with van der Waals surface area (Å²) in [4.78, 5) is 4.65. The number of nitrogens with one attached hydrogen (secondary N) is 1. The van der Waals surface area contributed by atoms with E-state index in [0.717, 1.165) is 27.8 Å². The number of thiazole rings is 1. The predicted octanol–water partition coefficient (Wildman–Crippen LogP) is 3.82. The average Bonchev–Trinajstić information content (AvgIpc) is 3.06. The fourth-order valence-corrected chi connectivity index (χ4v) is 2.74. The molecule has 0 spiro atoms. The van der Waals surface area contributed by atoms with E-state index >= 15 is 0 Å². The number of aromatic nitrogens is 1. The molecule has 0 amide bonds. The lowest BCUT2D eigenvalue weighted by Crippen LogP contribution is -2.15. The average molecular weight is 309 g/mol. The Morgan fingerprint density at radius 2 is 2.06 bits per heavy atom. The molecule has 0 aliphatic heterocycles. The lowest BCUT2D eigenvalue weighted by Gasteiger charge is -1.98. The SMILES string of the molecule is Brc1ccc(-c2nc(CNC3CC3)cs2)cc1. The maximum atomic E-state index is 4.65. The molecule has 0 bridgehead atoms. The van der Waals surface area contributed by atoms with Crippen LogP contribution < -0.4 is 5.32 Å². The van der Waals surface area contributed by atoms with Gasteiger partial charge in [0.05, 0.1) is 5.69 Å². The van der Waals surface area contributed by atoms with Gasteiger partial charge in [-0.1, -0.05) is 28.1 Å². The third-order valence-corrected chi connectivity index (χ3v) is 4.26. The van der Waals surface area contributed by atoms with Crippen LogP contribution in [0.15, 0.2) is 34.1 Å². The van der Waals surface area contributed by atoms with Crippen LogP contribution in [0.3, 0.4) is 0 Å². The van der Waals surface area contributed by atoms with Crippen molar-refractivity contribution in [1.82, 2.24) is 10.3 Å². The Labute approximate surface area is 113 Å². The Balaban J connectivity index is 1.72. The van der Waals surface area contributed by atoms with Gasteiger partial charge in [0.2, 0.25) is 0 Å². The second-order valence-corrected chi connectivity index (χ2v) is 6.08. The van der Waals surface area contributed by atoms with Gasteiger partial charge >= 0.3 is 0 Å². The van der Waals surface area contributed by atoms with Crippen molar-refractivity contribution in [2.45, 2.75) is 25.4 Å². The van der Waals surface area contributed by atoms with E-state index in [-0.39, 0.29) is 0 Å². The van der Waals surface area contributed by atoms with Crippen LogP contribution in [0, 0.1) is 0 Å². The summed E-state index contributed by atoms with van der Waals surface area (Å²) in [7, 11) is 0. The van der Waals surface area contributed by atoms with Gasteiger partial charge in [-0.05, 0) is 25.0 Å². The van der Waals surface area contributed by atoms with E-state index < -0.39 is 0 Å². The first-order valence-corrected chi connectivity index (χ1v) is 7.42. The van der Waals surface area contributed by atoms with E-state index in [9.17, 15) is 0 Å². The van der Waals surface area contributed by atoms with Gasteiger partial charge < -0.3 is 5.32 Å². The molecule has 0 unspecified atom stereocenters. The molecule has 17 heavy (non-hydrogen) atoms. The third-order valence-electron chi connectivity index (χ3n) is 2.79. The zero-order valence-electron chi connectivity index (χ0n) is 9.32. The van der Waals surface area contributed by atoms with Gasteiger partial charge in [-0.3, -0.25) is 0 Å². The van der Waals surface area contributed by atoms with E-state index in [4.69, 9.17) is 0 Å². The van der Waals surface area contributed by atoms with Crippen LogP contribution in [0.2, 0.25) is 0 Å². The van der Waals surface area contributed by atoms with Crippen molar-refractivity contribution < 1.29 is 0 Å². The summed E-state index contributed by atoms with van der Waals surface area (Å²) >= 11 is 5.16. The van der Waals surface area contributed by atoms with E-state index in [0.29, 0.717) is 0 Å². The normalized spacial score (nSPS) is 15.1. The number of nitrogens with zero attached hydrogens (tertiary/aromatic N) is 1. The summed E-state index contributed by atoms with van der Waals surface area (Å²) in [6, 6.07) is 9.05. The Morgan fingerprint density at radius 1 is 1.29 bits per heavy atom. The highest BCUT2D eigenvalue weighted by molar-refractivity contribution is 9.10. The summed E-state index contributed by atoms with van der Waals surface area (Å²) in [5, 5.41) is 6.73. The van der Waals surface area contributed by atoms with Crippen LogP contribution in [0.1, 0.15) is 18.5 Å². The zero-order valence-corrected chi connectivity index (χ0v) is 11.7. The summed E-state index contributed by atoms with van der Waals surface area (Å²) < 4.78 is 1.11. The number of hydrogen-bond donors (Lipinski definition) is 1. The third kappa shape index (κ3) is 2.94. The number of halogens is 1. The largest absolute Gasteiger partial charge is 0.308 e. The fraction of sp³-hybridized carbons (Fsp3) is 0.308. The van der Waals surface area contributed by atoms with E-state index in [2.05, 4.69) is 55.9 Å². The van der Waals surface area contributed by atoms with Crippen molar-refractivity contribution in [2.75, 3.05) is 0 Å². The molecule has 3 rings (SSSR count). The molecule has 1 fully saturated rings. The Morgan fingerprint density at radius 3 is 2.76 bits per heavy atom. The van der Waals surface area contributed by atoms with Gasteiger partial charge in [0, 0.05) is 28.0 Å². The first-order chi connectivity index (χ1) is 8.31. The molecule has 1 heterocycles. The minimum absolute atomic E-state index is 0.743. The van der Waals surface area contributed by atoms with Gasteiger partial charge in [0.1, 0.15) is 5.01 Å². The van der Waals surface area contributed by atoms with E-state index in [1.165, 1.54) is 18.4 Å². The smallest absolute Gasteiger partial charge is 0.123 e. The highest BCUT2D eigenvalue weighted by Gasteiger charge is 2.20. The standard InChI is InChI=1S/C13H13BrN2S/c14-10-3-1-9(2-4-10)13-16-12(8-17-13)7-15-11-5-6-11/h1-4,8,11,15H,5-7H2. The molecule has 1 aromatic heterocycles. The monoisotopic (exact) mass is 308 g/mol. The van der Waals surface area contributed by atoms with Crippen molar-refractivity contribution >= 4 is 27.3 Å². The predicted molar refractivity (Wildman–Crippen MR) is 75.1 cm³/mol.